The molecule has 2 nitrogen and oxygen atoms in total. The van der Waals surface area contributed by atoms with E-state index in [2.05, 4.69) is 44.3 Å². The number of aryl methyl sites for hydroxylation is 2. The van der Waals surface area contributed by atoms with Gasteiger partial charge in [-0.1, -0.05) is 25.1 Å². The maximum Gasteiger partial charge on any atom is 0.0957 e. The zero-order valence-electron chi connectivity index (χ0n) is 13.0. The average molecular weight is 273 g/mol. The lowest BCUT2D eigenvalue weighted by Crippen LogP contribution is -2.52. The second-order valence-corrected chi connectivity index (χ2v) is 6.95. The molecule has 1 aromatic rings. The molecule has 20 heavy (non-hydrogen) atoms. The molecule has 1 aliphatic carbocycles. The molecule has 2 fully saturated rings. The van der Waals surface area contributed by atoms with Crippen LogP contribution in [0.3, 0.4) is 0 Å². The number of morpholine rings is 1. The van der Waals surface area contributed by atoms with E-state index in [0.29, 0.717) is 0 Å². The van der Waals surface area contributed by atoms with Gasteiger partial charge >= 0.3 is 0 Å². The van der Waals surface area contributed by atoms with E-state index in [1.165, 1.54) is 42.4 Å². The third-order valence-corrected chi connectivity index (χ3v) is 5.26. The molecule has 1 aliphatic heterocycles. The molecule has 0 radical (unpaired) electrons. The van der Waals surface area contributed by atoms with E-state index in [1.54, 1.807) is 0 Å². The van der Waals surface area contributed by atoms with E-state index in [-0.39, 0.29) is 11.7 Å². The second-order valence-electron chi connectivity index (χ2n) is 6.95. The van der Waals surface area contributed by atoms with Crippen molar-refractivity contribution in [2.45, 2.75) is 58.2 Å². The Hall–Kier alpha value is -0.860. The van der Waals surface area contributed by atoms with Gasteiger partial charge in [0, 0.05) is 13.1 Å². The standard InChI is InChI=1S/C18H27NO/c1-13-6-8-18(9-7-13)12-19-11-17(20-18)16-5-4-14(2)15(3)10-16/h4-5,10,13,17,19H,6-9,11-12H2,1-3H3. The van der Waals surface area contributed by atoms with Crippen LogP contribution in [0.2, 0.25) is 0 Å². The van der Waals surface area contributed by atoms with Gasteiger partial charge in [0.15, 0.2) is 0 Å². The topological polar surface area (TPSA) is 21.3 Å². The molecule has 1 spiro atoms. The number of hydrogen-bond acceptors (Lipinski definition) is 2. The van der Waals surface area contributed by atoms with Gasteiger partial charge in [-0.3, -0.25) is 0 Å². The summed E-state index contributed by atoms with van der Waals surface area (Å²) in [5.41, 5.74) is 4.15. The van der Waals surface area contributed by atoms with Gasteiger partial charge in [-0.15, -0.1) is 0 Å². The molecule has 1 heterocycles. The Morgan fingerprint density at radius 3 is 2.60 bits per heavy atom. The van der Waals surface area contributed by atoms with Crippen molar-refractivity contribution >= 4 is 0 Å². The number of ether oxygens (including phenoxy) is 1. The largest absolute Gasteiger partial charge is 0.364 e. The Labute approximate surface area is 122 Å². The van der Waals surface area contributed by atoms with Crippen LogP contribution in [0, 0.1) is 19.8 Å². The van der Waals surface area contributed by atoms with Crippen LogP contribution in [-0.2, 0) is 4.74 Å². The van der Waals surface area contributed by atoms with Crippen molar-refractivity contribution in [2.75, 3.05) is 13.1 Å². The molecule has 2 aliphatic rings. The number of rotatable bonds is 1. The first-order valence-corrected chi connectivity index (χ1v) is 8.04. The van der Waals surface area contributed by atoms with E-state index in [0.717, 1.165) is 19.0 Å². The lowest BCUT2D eigenvalue weighted by molar-refractivity contribution is -0.140. The molecule has 1 atom stereocenters. The lowest BCUT2D eigenvalue weighted by atomic mass is 9.78. The molecule has 3 rings (SSSR count). The highest BCUT2D eigenvalue weighted by molar-refractivity contribution is 5.31. The molecule has 110 valence electrons. The van der Waals surface area contributed by atoms with Gasteiger partial charge in [0.25, 0.3) is 0 Å². The highest BCUT2D eigenvalue weighted by Gasteiger charge is 2.40. The van der Waals surface area contributed by atoms with Crippen LogP contribution in [0.5, 0.6) is 0 Å². The molecule has 1 aromatic carbocycles. The highest BCUT2D eigenvalue weighted by Crippen LogP contribution is 2.39. The Morgan fingerprint density at radius 2 is 1.90 bits per heavy atom. The molecule has 0 bridgehead atoms. The normalized spacial score (nSPS) is 34.4. The Bertz CT molecular complexity index is 474. The monoisotopic (exact) mass is 273 g/mol. The molecule has 1 unspecified atom stereocenters. The quantitative estimate of drug-likeness (QED) is 0.837. The van der Waals surface area contributed by atoms with Gasteiger partial charge in [0.1, 0.15) is 0 Å². The van der Waals surface area contributed by atoms with Crippen LogP contribution in [0.4, 0.5) is 0 Å². The van der Waals surface area contributed by atoms with Crippen LogP contribution in [0.15, 0.2) is 18.2 Å². The Kier molecular flexibility index (Phi) is 3.87. The Morgan fingerprint density at radius 1 is 1.15 bits per heavy atom. The van der Waals surface area contributed by atoms with Crippen molar-refractivity contribution in [1.29, 1.82) is 0 Å². The summed E-state index contributed by atoms with van der Waals surface area (Å²) in [6, 6.07) is 6.75. The van der Waals surface area contributed by atoms with Crippen molar-refractivity contribution in [1.82, 2.24) is 5.32 Å². The third kappa shape index (κ3) is 2.77. The summed E-state index contributed by atoms with van der Waals surface area (Å²) < 4.78 is 6.58. The van der Waals surface area contributed by atoms with Gasteiger partial charge in [0.2, 0.25) is 0 Å². The SMILES string of the molecule is Cc1ccc(C2CNCC3(CCC(C)CC3)O2)cc1C. The van der Waals surface area contributed by atoms with Crippen molar-refractivity contribution < 1.29 is 4.74 Å². The number of hydrogen-bond donors (Lipinski definition) is 1. The summed E-state index contributed by atoms with van der Waals surface area (Å²) in [6.45, 7) is 8.70. The van der Waals surface area contributed by atoms with Gasteiger partial charge in [0.05, 0.1) is 11.7 Å². The summed E-state index contributed by atoms with van der Waals surface area (Å²) in [5.74, 6) is 0.867. The fourth-order valence-corrected chi connectivity index (χ4v) is 3.55. The second kappa shape index (κ2) is 5.50. The summed E-state index contributed by atoms with van der Waals surface area (Å²) in [5, 5.41) is 3.62. The molecule has 1 N–H and O–H groups in total. The van der Waals surface area contributed by atoms with E-state index in [4.69, 9.17) is 4.74 Å². The number of nitrogens with one attached hydrogen (secondary N) is 1. The average Bonchev–Trinajstić information content (AvgIpc) is 2.46. The van der Waals surface area contributed by atoms with Crippen LogP contribution >= 0.6 is 0 Å². The smallest absolute Gasteiger partial charge is 0.0957 e. The van der Waals surface area contributed by atoms with Crippen molar-refractivity contribution in [3.63, 3.8) is 0 Å². The van der Waals surface area contributed by atoms with Gasteiger partial charge in [-0.2, -0.15) is 0 Å². The first-order chi connectivity index (χ1) is 9.58. The van der Waals surface area contributed by atoms with Crippen LogP contribution < -0.4 is 5.32 Å². The maximum atomic E-state index is 6.58. The van der Waals surface area contributed by atoms with Gasteiger partial charge in [-0.25, -0.2) is 0 Å². The van der Waals surface area contributed by atoms with Gasteiger partial charge < -0.3 is 10.1 Å². The predicted molar refractivity (Wildman–Crippen MR) is 83.0 cm³/mol. The van der Waals surface area contributed by atoms with E-state index in [9.17, 15) is 0 Å². The molecule has 0 amide bonds. The predicted octanol–water partition coefficient (Wildman–Crippen LogP) is 3.91. The molecular formula is C18H27NO. The van der Waals surface area contributed by atoms with Crippen LogP contribution in [0.1, 0.15) is 55.4 Å². The molecule has 1 saturated heterocycles. The first-order valence-electron chi connectivity index (χ1n) is 8.04. The maximum absolute atomic E-state index is 6.58. The molecular weight excluding hydrogens is 246 g/mol. The minimum Gasteiger partial charge on any atom is -0.364 e. The van der Waals surface area contributed by atoms with Crippen LogP contribution in [-0.4, -0.2) is 18.7 Å². The summed E-state index contributed by atoms with van der Waals surface area (Å²) >= 11 is 0. The zero-order valence-corrected chi connectivity index (χ0v) is 13.0. The summed E-state index contributed by atoms with van der Waals surface area (Å²) in [4.78, 5) is 0. The highest BCUT2D eigenvalue weighted by atomic mass is 16.5. The number of benzene rings is 1. The fourth-order valence-electron chi connectivity index (χ4n) is 3.55. The molecule has 1 saturated carbocycles. The Balaban J connectivity index is 1.76. The van der Waals surface area contributed by atoms with E-state index >= 15 is 0 Å². The zero-order chi connectivity index (χ0) is 14.2. The van der Waals surface area contributed by atoms with Gasteiger partial charge in [-0.05, 0) is 62.1 Å². The fraction of sp³-hybridized carbons (Fsp3) is 0.667. The molecule has 2 heteroatoms. The minimum atomic E-state index is 0.0915. The summed E-state index contributed by atoms with van der Waals surface area (Å²) in [6.07, 6.45) is 5.25. The summed E-state index contributed by atoms with van der Waals surface area (Å²) in [7, 11) is 0. The van der Waals surface area contributed by atoms with Crippen molar-refractivity contribution in [3.8, 4) is 0 Å². The van der Waals surface area contributed by atoms with E-state index < -0.39 is 0 Å². The molecule has 0 aromatic heterocycles. The lowest BCUT2D eigenvalue weighted by Gasteiger charge is -2.45. The van der Waals surface area contributed by atoms with E-state index in [1.807, 2.05) is 0 Å². The van der Waals surface area contributed by atoms with Crippen molar-refractivity contribution in [2.24, 2.45) is 5.92 Å². The first kappa shape index (κ1) is 14.1. The van der Waals surface area contributed by atoms with Crippen molar-refractivity contribution in [3.05, 3.63) is 34.9 Å². The third-order valence-electron chi connectivity index (χ3n) is 5.26. The van der Waals surface area contributed by atoms with Crippen LogP contribution in [0.25, 0.3) is 0 Å². The minimum absolute atomic E-state index is 0.0915.